The smallest absolute Gasteiger partial charge is 0.329 e. The van der Waals surface area contributed by atoms with Crippen molar-refractivity contribution in [1.82, 2.24) is 21.3 Å². The summed E-state index contributed by atoms with van der Waals surface area (Å²) in [4.78, 5) is 67.4. The van der Waals surface area contributed by atoms with E-state index in [0.29, 0.717) is 6.42 Å². The fraction of sp³-hybridized carbons (Fsp3) is 0.485. The van der Waals surface area contributed by atoms with E-state index in [1.54, 1.807) is 0 Å². The van der Waals surface area contributed by atoms with E-state index in [2.05, 4.69) is 21.3 Å². The van der Waals surface area contributed by atoms with Crippen molar-refractivity contribution in [2.45, 2.75) is 90.6 Å². The first-order valence-electron chi connectivity index (χ1n) is 14.9. The molecule has 5 atom stereocenters. The molecule has 2 aromatic carbocycles. The van der Waals surface area contributed by atoms with Crippen molar-refractivity contribution >= 4 is 29.6 Å². The van der Waals surface area contributed by atoms with Gasteiger partial charge in [0.2, 0.25) is 17.7 Å². The van der Waals surface area contributed by atoms with E-state index in [1.807, 2.05) is 88.4 Å². The average Bonchev–Trinajstić information content (AvgIpc) is 2.95. The number of hydrogen-bond donors (Lipinski definition) is 4. The summed E-state index contributed by atoms with van der Waals surface area (Å²) in [5, 5.41) is 10.9. The van der Waals surface area contributed by atoms with Gasteiger partial charge in [0.1, 0.15) is 24.2 Å². The molecule has 1 aliphatic rings. The third-order valence-corrected chi connectivity index (χ3v) is 7.13. The highest BCUT2D eigenvalue weighted by atomic mass is 16.5. The molecule has 2 aromatic rings. The number of amides is 4. The summed E-state index contributed by atoms with van der Waals surface area (Å²) in [5.74, 6) is -3.08. The van der Waals surface area contributed by atoms with Crippen LogP contribution in [0.4, 0.5) is 0 Å². The fourth-order valence-electron chi connectivity index (χ4n) is 4.88. The van der Waals surface area contributed by atoms with Crippen molar-refractivity contribution in [2.75, 3.05) is 0 Å². The second kappa shape index (κ2) is 15.9. The van der Waals surface area contributed by atoms with Gasteiger partial charge in [0.25, 0.3) is 5.91 Å². The van der Waals surface area contributed by atoms with Crippen molar-refractivity contribution in [1.29, 1.82) is 0 Å². The first-order chi connectivity index (χ1) is 20.4. The SMILES string of the molecule is CC(C)C[C@@H]1NC(=O)[C@@H](C)NC(=O)[C@H](Cc2ccccc2)NC(=O)[C@H](CC(C)C)OC(=O)[C@H](Cc2ccccc2)NC1=O. The first kappa shape index (κ1) is 33.3. The lowest BCUT2D eigenvalue weighted by Gasteiger charge is -2.26. The van der Waals surface area contributed by atoms with Gasteiger partial charge in [-0.05, 0) is 42.7 Å². The summed E-state index contributed by atoms with van der Waals surface area (Å²) in [6.07, 6.45) is -0.422. The van der Waals surface area contributed by atoms with E-state index < -0.39 is 59.9 Å². The molecule has 0 bridgehead atoms. The highest BCUT2D eigenvalue weighted by Gasteiger charge is 2.35. The normalized spacial score (nSPS) is 24.3. The highest BCUT2D eigenvalue weighted by molar-refractivity contribution is 5.96. The van der Waals surface area contributed by atoms with E-state index in [-0.39, 0.29) is 31.1 Å². The Bertz CT molecular complexity index is 1250. The Labute approximate surface area is 253 Å². The average molecular weight is 593 g/mol. The molecule has 1 aliphatic heterocycles. The number of carbonyl (C=O) groups is 5. The lowest BCUT2D eigenvalue weighted by molar-refractivity contribution is -0.160. The van der Waals surface area contributed by atoms with E-state index in [4.69, 9.17) is 4.74 Å². The van der Waals surface area contributed by atoms with E-state index in [1.165, 1.54) is 6.92 Å². The molecule has 10 nitrogen and oxygen atoms in total. The van der Waals surface area contributed by atoms with Gasteiger partial charge < -0.3 is 26.0 Å². The van der Waals surface area contributed by atoms with Crippen molar-refractivity contribution in [2.24, 2.45) is 11.8 Å². The number of rotatable bonds is 8. The zero-order valence-corrected chi connectivity index (χ0v) is 25.6. The van der Waals surface area contributed by atoms with Crippen LogP contribution in [-0.4, -0.2) is 59.9 Å². The second-order valence-electron chi connectivity index (χ2n) is 12.0. The van der Waals surface area contributed by atoms with Crippen LogP contribution in [-0.2, 0) is 41.6 Å². The molecule has 0 aliphatic carbocycles. The van der Waals surface area contributed by atoms with Crippen LogP contribution in [0.1, 0.15) is 58.6 Å². The van der Waals surface area contributed by atoms with Crippen molar-refractivity contribution in [3.8, 4) is 0 Å². The van der Waals surface area contributed by atoms with Crippen molar-refractivity contribution < 1.29 is 28.7 Å². The number of nitrogens with one attached hydrogen (secondary N) is 4. The number of hydrogen-bond acceptors (Lipinski definition) is 6. The van der Waals surface area contributed by atoms with Gasteiger partial charge in [-0.3, -0.25) is 19.2 Å². The minimum atomic E-state index is -1.21. The van der Waals surface area contributed by atoms with Crippen LogP contribution in [0, 0.1) is 11.8 Å². The molecule has 232 valence electrons. The maximum absolute atomic E-state index is 13.6. The molecule has 0 saturated carbocycles. The highest BCUT2D eigenvalue weighted by Crippen LogP contribution is 2.15. The molecule has 4 N–H and O–H groups in total. The summed E-state index contributed by atoms with van der Waals surface area (Å²) < 4.78 is 5.79. The Hall–Kier alpha value is -4.21. The monoisotopic (exact) mass is 592 g/mol. The van der Waals surface area contributed by atoms with Crippen LogP contribution in [0.2, 0.25) is 0 Å². The molecule has 10 heteroatoms. The molecule has 3 rings (SSSR count). The quantitative estimate of drug-likeness (QED) is 0.347. The molecule has 1 fully saturated rings. The van der Waals surface area contributed by atoms with Gasteiger partial charge in [0.15, 0.2) is 6.10 Å². The summed E-state index contributed by atoms with van der Waals surface area (Å²) >= 11 is 0. The maximum atomic E-state index is 13.6. The molecule has 1 saturated heterocycles. The van der Waals surface area contributed by atoms with Crippen LogP contribution in [0.25, 0.3) is 0 Å². The van der Waals surface area contributed by atoms with Crippen LogP contribution in [0.5, 0.6) is 0 Å². The van der Waals surface area contributed by atoms with Gasteiger partial charge in [-0.15, -0.1) is 0 Å². The maximum Gasteiger partial charge on any atom is 0.329 e. The molecule has 0 spiro atoms. The fourth-order valence-corrected chi connectivity index (χ4v) is 4.88. The van der Waals surface area contributed by atoms with Crippen LogP contribution in [0.3, 0.4) is 0 Å². The van der Waals surface area contributed by atoms with E-state index >= 15 is 0 Å². The van der Waals surface area contributed by atoms with Gasteiger partial charge in [0.05, 0.1) is 0 Å². The van der Waals surface area contributed by atoms with Gasteiger partial charge in [-0.2, -0.15) is 0 Å². The van der Waals surface area contributed by atoms with Gasteiger partial charge >= 0.3 is 5.97 Å². The Kier molecular flexibility index (Phi) is 12.3. The summed E-state index contributed by atoms with van der Waals surface area (Å²) in [6, 6.07) is 14.2. The number of esters is 1. The van der Waals surface area contributed by atoms with Gasteiger partial charge in [-0.1, -0.05) is 88.4 Å². The molecule has 4 amide bonds. The minimum Gasteiger partial charge on any atom is -0.451 e. The predicted octanol–water partition coefficient (Wildman–Crippen LogP) is 2.45. The molecule has 1 heterocycles. The summed E-state index contributed by atoms with van der Waals surface area (Å²) in [5.41, 5.74) is 1.58. The Balaban J connectivity index is 2.01. The van der Waals surface area contributed by atoms with E-state index in [0.717, 1.165) is 11.1 Å². The summed E-state index contributed by atoms with van der Waals surface area (Å²) in [7, 11) is 0. The zero-order valence-electron chi connectivity index (χ0n) is 25.6. The van der Waals surface area contributed by atoms with Gasteiger partial charge in [-0.25, -0.2) is 4.79 Å². The number of carbonyl (C=O) groups excluding carboxylic acids is 5. The second-order valence-corrected chi connectivity index (χ2v) is 12.0. The van der Waals surface area contributed by atoms with Crippen molar-refractivity contribution in [3.05, 3.63) is 71.8 Å². The van der Waals surface area contributed by atoms with E-state index in [9.17, 15) is 24.0 Å². The molecule has 0 unspecified atom stereocenters. The lowest BCUT2D eigenvalue weighted by Crippen LogP contribution is -2.57. The Morgan fingerprint density at radius 2 is 1.05 bits per heavy atom. The molecular weight excluding hydrogens is 548 g/mol. The number of ether oxygens (including phenoxy) is 1. The number of cyclic esters (lactones) is 1. The molecule has 0 radical (unpaired) electrons. The predicted molar refractivity (Wildman–Crippen MR) is 162 cm³/mol. The third-order valence-electron chi connectivity index (χ3n) is 7.13. The number of benzene rings is 2. The minimum absolute atomic E-state index is 0.0218. The standard InChI is InChI=1S/C33H44N4O6/c1-20(2)16-25-31(40)37-27(19-24-14-10-7-11-15-24)33(42)43-28(17-21(3)4)32(41)36-26(18-23-12-8-6-9-13-23)30(39)34-22(5)29(38)35-25/h6-15,20-22,25-28H,16-19H2,1-5H3,(H,34,39)(H,35,38)(H,36,41)(H,37,40)/t22-,25+,26+,27+,28+/m1/s1. The van der Waals surface area contributed by atoms with Crippen molar-refractivity contribution in [3.63, 3.8) is 0 Å². The van der Waals surface area contributed by atoms with Crippen LogP contribution in [0.15, 0.2) is 60.7 Å². The lowest BCUT2D eigenvalue weighted by atomic mass is 10.0. The Morgan fingerprint density at radius 3 is 1.58 bits per heavy atom. The zero-order chi connectivity index (χ0) is 31.5. The molecular formula is C33H44N4O6. The largest absolute Gasteiger partial charge is 0.451 e. The van der Waals surface area contributed by atoms with Crippen LogP contribution < -0.4 is 21.3 Å². The topological polar surface area (TPSA) is 143 Å². The Morgan fingerprint density at radius 1 is 0.581 bits per heavy atom. The molecule has 43 heavy (non-hydrogen) atoms. The van der Waals surface area contributed by atoms with Crippen LogP contribution >= 0.6 is 0 Å². The first-order valence-corrected chi connectivity index (χ1v) is 14.9. The van der Waals surface area contributed by atoms with Gasteiger partial charge in [0, 0.05) is 12.8 Å². The third kappa shape index (κ3) is 10.5. The molecule has 0 aromatic heterocycles. The summed E-state index contributed by atoms with van der Waals surface area (Å²) in [6.45, 7) is 9.13.